The lowest BCUT2D eigenvalue weighted by atomic mass is 9.72. The Labute approximate surface area is 69.4 Å². The third kappa shape index (κ3) is 0.816. The third-order valence-corrected chi connectivity index (χ3v) is 4.43. The van der Waals surface area contributed by atoms with Crippen LogP contribution >= 0.6 is 0 Å². The van der Waals surface area contributed by atoms with Gasteiger partial charge in [-0.3, -0.25) is 0 Å². The van der Waals surface area contributed by atoms with E-state index < -0.39 is 0 Å². The minimum absolute atomic E-state index is 1.07. The van der Waals surface area contributed by atoms with Crippen LogP contribution in [0.4, 0.5) is 0 Å². The molecular weight excluding hydrogens is 132 g/mol. The molecule has 0 heterocycles. The van der Waals surface area contributed by atoms with Gasteiger partial charge in [0.05, 0.1) is 0 Å². The van der Waals surface area contributed by atoms with Crippen LogP contribution in [0.15, 0.2) is 0 Å². The van der Waals surface area contributed by atoms with Gasteiger partial charge < -0.3 is 0 Å². The molecule has 0 aliphatic heterocycles. The molecule has 11 heavy (non-hydrogen) atoms. The van der Waals surface area contributed by atoms with Crippen molar-refractivity contribution in [1.82, 2.24) is 0 Å². The predicted molar refractivity (Wildman–Crippen MR) is 46.2 cm³/mol. The van der Waals surface area contributed by atoms with Crippen molar-refractivity contribution in [1.29, 1.82) is 0 Å². The van der Waals surface area contributed by atoms with Crippen LogP contribution in [0, 0.1) is 29.6 Å². The molecule has 0 nitrogen and oxygen atoms in total. The maximum Gasteiger partial charge on any atom is -0.0323 e. The quantitative estimate of drug-likeness (QED) is 0.539. The van der Waals surface area contributed by atoms with Gasteiger partial charge in [-0.05, 0) is 55.3 Å². The zero-order valence-electron chi connectivity index (χ0n) is 7.42. The van der Waals surface area contributed by atoms with E-state index in [0.717, 1.165) is 5.92 Å². The first kappa shape index (κ1) is 6.51. The Kier molecular flexibility index (Phi) is 1.20. The third-order valence-electron chi connectivity index (χ3n) is 4.43. The number of hydrogen-bond donors (Lipinski definition) is 0. The summed E-state index contributed by atoms with van der Waals surface area (Å²) in [5.41, 5.74) is 0. The minimum Gasteiger partial charge on any atom is -0.0625 e. The molecule has 0 N–H and O–H groups in total. The molecule has 0 saturated heterocycles. The fraction of sp³-hybridized carbons (Fsp3) is 1.00. The smallest absolute Gasteiger partial charge is 0.0323 e. The Balaban J connectivity index is 1.59. The van der Waals surface area contributed by atoms with Gasteiger partial charge in [-0.25, -0.2) is 0 Å². The van der Waals surface area contributed by atoms with Crippen molar-refractivity contribution in [3.63, 3.8) is 0 Å². The molecule has 0 aromatic heterocycles. The normalized spacial score (nSPS) is 60.3. The van der Waals surface area contributed by atoms with E-state index in [-0.39, 0.29) is 0 Å². The van der Waals surface area contributed by atoms with E-state index in [1.165, 1.54) is 23.7 Å². The number of fused-ring (bicyclic) bond motifs is 1. The number of hydrogen-bond acceptors (Lipinski definition) is 0. The summed E-state index contributed by atoms with van der Waals surface area (Å²) in [6.45, 7) is 2.41. The van der Waals surface area contributed by atoms with Gasteiger partial charge in [-0.1, -0.05) is 13.3 Å². The summed E-state index contributed by atoms with van der Waals surface area (Å²) >= 11 is 0. The minimum atomic E-state index is 1.07. The molecule has 0 radical (unpaired) electrons. The molecule has 3 fully saturated rings. The summed E-state index contributed by atoms with van der Waals surface area (Å²) in [6.07, 6.45) is 7.85. The van der Waals surface area contributed by atoms with Gasteiger partial charge in [0.2, 0.25) is 0 Å². The lowest BCUT2D eigenvalue weighted by Gasteiger charge is -2.34. The van der Waals surface area contributed by atoms with Gasteiger partial charge in [0.15, 0.2) is 0 Å². The van der Waals surface area contributed by atoms with Crippen molar-refractivity contribution in [3.8, 4) is 0 Å². The molecule has 3 aliphatic carbocycles. The molecule has 0 aromatic rings. The van der Waals surface area contributed by atoms with Gasteiger partial charge in [-0.2, -0.15) is 0 Å². The van der Waals surface area contributed by atoms with E-state index in [0.29, 0.717) is 0 Å². The summed E-state index contributed by atoms with van der Waals surface area (Å²) in [4.78, 5) is 0. The van der Waals surface area contributed by atoms with Crippen LogP contribution in [0.2, 0.25) is 0 Å². The Bertz CT molecular complexity index is 157. The predicted octanol–water partition coefficient (Wildman–Crippen LogP) is 3.08. The van der Waals surface area contributed by atoms with Crippen molar-refractivity contribution < 1.29 is 0 Å². The van der Waals surface area contributed by atoms with E-state index in [1.807, 2.05) is 0 Å². The van der Waals surface area contributed by atoms with E-state index in [2.05, 4.69) is 6.92 Å². The summed E-state index contributed by atoms with van der Waals surface area (Å²) in [6, 6.07) is 0. The highest BCUT2D eigenvalue weighted by Gasteiger charge is 2.57. The highest BCUT2D eigenvalue weighted by molar-refractivity contribution is 5.06. The highest BCUT2D eigenvalue weighted by atomic mass is 14.6. The Morgan fingerprint density at radius 3 is 2.18 bits per heavy atom. The molecular formula is C11H18. The van der Waals surface area contributed by atoms with Crippen molar-refractivity contribution in [2.24, 2.45) is 29.6 Å². The van der Waals surface area contributed by atoms with Gasteiger partial charge in [0, 0.05) is 0 Å². The molecule has 2 atom stereocenters. The summed E-state index contributed by atoms with van der Waals surface area (Å²) in [5.74, 6) is 5.90. The Morgan fingerprint density at radius 2 is 1.64 bits per heavy atom. The highest BCUT2D eigenvalue weighted by Crippen LogP contribution is 2.64. The van der Waals surface area contributed by atoms with Gasteiger partial charge in [0.1, 0.15) is 0 Å². The number of rotatable bonds is 1. The van der Waals surface area contributed by atoms with Crippen molar-refractivity contribution in [2.45, 2.75) is 39.0 Å². The van der Waals surface area contributed by atoms with E-state index in [9.17, 15) is 0 Å². The average molecular weight is 150 g/mol. The second kappa shape index (κ2) is 2.02. The van der Waals surface area contributed by atoms with Crippen molar-refractivity contribution in [3.05, 3.63) is 0 Å². The van der Waals surface area contributed by atoms with E-state index in [1.54, 1.807) is 32.1 Å². The maximum absolute atomic E-state index is 2.41. The topological polar surface area (TPSA) is 0 Å². The first-order chi connectivity index (χ1) is 5.36. The summed E-state index contributed by atoms with van der Waals surface area (Å²) in [7, 11) is 0. The Morgan fingerprint density at radius 1 is 1.00 bits per heavy atom. The van der Waals surface area contributed by atoms with E-state index >= 15 is 0 Å². The second-order valence-electron chi connectivity index (χ2n) is 5.17. The maximum atomic E-state index is 2.41. The van der Waals surface area contributed by atoms with Crippen LogP contribution in [0.1, 0.15) is 39.0 Å². The lowest BCUT2D eigenvalue weighted by molar-refractivity contribution is 0.167. The van der Waals surface area contributed by atoms with Gasteiger partial charge >= 0.3 is 0 Å². The monoisotopic (exact) mass is 150 g/mol. The first-order valence-corrected chi connectivity index (χ1v) is 5.36. The molecule has 3 aliphatic rings. The van der Waals surface area contributed by atoms with Crippen LogP contribution in [-0.2, 0) is 0 Å². The molecule has 0 amide bonds. The first-order valence-electron chi connectivity index (χ1n) is 5.36. The molecule has 0 heteroatoms. The van der Waals surface area contributed by atoms with Gasteiger partial charge in [-0.15, -0.1) is 0 Å². The molecule has 62 valence electrons. The molecule has 0 bridgehead atoms. The van der Waals surface area contributed by atoms with Crippen LogP contribution in [-0.4, -0.2) is 0 Å². The molecule has 2 unspecified atom stereocenters. The molecule has 0 spiro atoms. The zero-order chi connectivity index (χ0) is 7.42. The van der Waals surface area contributed by atoms with Crippen LogP contribution in [0.25, 0.3) is 0 Å². The van der Waals surface area contributed by atoms with Crippen LogP contribution < -0.4 is 0 Å². The van der Waals surface area contributed by atoms with Crippen LogP contribution in [0.3, 0.4) is 0 Å². The second-order valence-corrected chi connectivity index (χ2v) is 5.17. The fourth-order valence-electron chi connectivity index (χ4n) is 3.86. The molecule has 3 saturated carbocycles. The largest absolute Gasteiger partial charge is 0.0625 e. The molecule has 3 rings (SSSR count). The fourth-order valence-corrected chi connectivity index (χ4v) is 3.86. The Hall–Kier alpha value is 0. The average Bonchev–Trinajstić information content (AvgIpc) is 2.42. The van der Waals surface area contributed by atoms with Crippen molar-refractivity contribution >= 4 is 0 Å². The lowest BCUT2D eigenvalue weighted by Crippen LogP contribution is -2.24. The molecule has 0 aromatic carbocycles. The zero-order valence-corrected chi connectivity index (χ0v) is 7.42. The standard InChI is InChI=1S/C11H18/c1-7-5-8(6-7)11-9-3-2-4-10(9)11/h7-11H,2-6H2,1H3. The summed E-state index contributed by atoms with van der Waals surface area (Å²) < 4.78 is 0. The van der Waals surface area contributed by atoms with E-state index in [4.69, 9.17) is 0 Å². The SMILES string of the molecule is CC1CC(C2C3CCCC32)C1. The van der Waals surface area contributed by atoms with Crippen molar-refractivity contribution in [2.75, 3.05) is 0 Å². The van der Waals surface area contributed by atoms with Crippen LogP contribution in [0.5, 0.6) is 0 Å². The summed E-state index contributed by atoms with van der Waals surface area (Å²) in [5, 5.41) is 0. The van der Waals surface area contributed by atoms with Gasteiger partial charge in [0.25, 0.3) is 0 Å².